The predicted molar refractivity (Wildman–Crippen MR) is 65.9 cm³/mol. The standard InChI is InChI=1S/C13H13N3O/c1-9-5-10(2)7-11(6-9)16-13(17)12-8-14-3-4-15-12/h3-8H,1-2H3,(H,16,17). The Kier molecular flexibility index (Phi) is 3.14. The molecule has 1 heterocycles. The fraction of sp³-hybridized carbons (Fsp3) is 0.154. The van der Waals surface area contributed by atoms with E-state index in [1.807, 2.05) is 26.0 Å². The number of aryl methyl sites for hydroxylation is 2. The second-order valence-corrected chi connectivity index (χ2v) is 3.92. The largest absolute Gasteiger partial charge is 0.321 e. The quantitative estimate of drug-likeness (QED) is 0.856. The van der Waals surface area contributed by atoms with Gasteiger partial charge in [0, 0.05) is 18.1 Å². The number of nitrogens with one attached hydrogen (secondary N) is 1. The van der Waals surface area contributed by atoms with E-state index in [9.17, 15) is 4.79 Å². The van der Waals surface area contributed by atoms with Crippen molar-refractivity contribution in [1.29, 1.82) is 0 Å². The molecule has 2 rings (SSSR count). The van der Waals surface area contributed by atoms with Crippen molar-refractivity contribution >= 4 is 11.6 Å². The second kappa shape index (κ2) is 4.74. The van der Waals surface area contributed by atoms with Crippen molar-refractivity contribution in [2.75, 3.05) is 5.32 Å². The highest BCUT2D eigenvalue weighted by Crippen LogP contribution is 2.14. The average Bonchev–Trinajstić information content (AvgIpc) is 2.28. The van der Waals surface area contributed by atoms with Crippen LogP contribution in [-0.4, -0.2) is 15.9 Å². The van der Waals surface area contributed by atoms with Crippen LogP contribution < -0.4 is 5.32 Å². The molecule has 0 atom stereocenters. The molecule has 0 aliphatic carbocycles. The van der Waals surface area contributed by atoms with Crippen LogP contribution in [0.15, 0.2) is 36.8 Å². The molecule has 17 heavy (non-hydrogen) atoms. The summed E-state index contributed by atoms with van der Waals surface area (Å²) in [6.07, 6.45) is 4.47. The lowest BCUT2D eigenvalue weighted by Gasteiger charge is -2.06. The second-order valence-electron chi connectivity index (χ2n) is 3.92. The summed E-state index contributed by atoms with van der Waals surface area (Å²) in [5.74, 6) is -0.247. The third kappa shape index (κ3) is 2.87. The van der Waals surface area contributed by atoms with Gasteiger partial charge in [0.05, 0.1) is 6.20 Å². The molecule has 0 unspecified atom stereocenters. The summed E-state index contributed by atoms with van der Waals surface area (Å²) in [5, 5.41) is 2.80. The number of rotatable bonds is 2. The summed E-state index contributed by atoms with van der Waals surface area (Å²) < 4.78 is 0. The normalized spacial score (nSPS) is 10.0. The van der Waals surface area contributed by atoms with Gasteiger partial charge in [-0.2, -0.15) is 0 Å². The fourth-order valence-electron chi connectivity index (χ4n) is 1.66. The van der Waals surface area contributed by atoms with Crippen molar-refractivity contribution in [2.24, 2.45) is 0 Å². The van der Waals surface area contributed by atoms with E-state index in [2.05, 4.69) is 21.4 Å². The third-order valence-electron chi connectivity index (χ3n) is 2.28. The van der Waals surface area contributed by atoms with Crippen LogP contribution in [0, 0.1) is 13.8 Å². The number of hydrogen-bond acceptors (Lipinski definition) is 3. The Morgan fingerprint density at radius 3 is 2.41 bits per heavy atom. The Morgan fingerprint density at radius 1 is 1.12 bits per heavy atom. The first-order valence-electron chi connectivity index (χ1n) is 5.31. The number of carbonyl (C=O) groups excluding carboxylic acids is 1. The van der Waals surface area contributed by atoms with E-state index in [4.69, 9.17) is 0 Å². The smallest absolute Gasteiger partial charge is 0.275 e. The van der Waals surface area contributed by atoms with E-state index in [1.54, 1.807) is 0 Å². The molecule has 1 amide bonds. The van der Waals surface area contributed by atoms with Crippen LogP contribution in [0.4, 0.5) is 5.69 Å². The van der Waals surface area contributed by atoms with Crippen LogP contribution in [0.1, 0.15) is 21.6 Å². The van der Waals surface area contributed by atoms with Crippen molar-refractivity contribution in [2.45, 2.75) is 13.8 Å². The molecule has 0 spiro atoms. The van der Waals surface area contributed by atoms with Gasteiger partial charge in [0.2, 0.25) is 0 Å². The number of aromatic nitrogens is 2. The molecule has 0 saturated heterocycles. The van der Waals surface area contributed by atoms with Crippen LogP contribution in [0.3, 0.4) is 0 Å². The molecular formula is C13H13N3O. The van der Waals surface area contributed by atoms with Gasteiger partial charge in [-0.05, 0) is 37.1 Å². The van der Waals surface area contributed by atoms with E-state index in [1.165, 1.54) is 18.6 Å². The fourth-order valence-corrected chi connectivity index (χ4v) is 1.66. The first kappa shape index (κ1) is 11.3. The average molecular weight is 227 g/mol. The van der Waals surface area contributed by atoms with E-state index in [0.717, 1.165) is 16.8 Å². The zero-order chi connectivity index (χ0) is 12.3. The molecule has 1 N–H and O–H groups in total. The molecule has 0 aliphatic rings. The zero-order valence-electron chi connectivity index (χ0n) is 9.77. The molecule has 0 saturated carbocycles. The molecule has 0 bridgehead atoms. The molecule has 2 aromatic rings. The molecule has 0 radical (unpaired) electrons. The van der Waals surface area contributed by atoms with Crippen LogP contribution in [-0.2, 0) is 0 Å². The maximum absolute atomic E-state index is 11.8. The van der Waals surface area contributed by atoms with Gasteiger partial charge in [-0.25, -0.2) is 4.98 Å². The maximum Gasteiger partial charge on any atom is 0.275 e. The molecule has 1 aromatic heterocycles. The highest BCUT2D eigenvalue weighted by molar-refractivity contribution is 6.02. The zero-order valence-corrected chi connectivity index (χ0v) is 9.77. The number of anilines is 1. The Bertz CT molecular complexity index is 517. The summed E-state index contributed by atoms with van der Waals surface area (Å²) in [4.78, 5) is 19.6. The minimum absolute atomic E-state index is 0.247. The van der Waals surface area contributed by atoms with E-state index >= 15 is 0 Å². The molecule has 0 aliphatic heterocycles. The van der Waals surface area contributed by atoms with Crippen molar-refractivity contribution in [3.05, 3.63) is 53.6 Å². The lowest BCUT2D eigenvalue weighted by atomic mass is 10.1. The summed E-state index contributed by atoms with van der Waals surface area (Å²) in [6.45, 7) is 3.98. The number of benzene rings is 1. The van der Waals surface area contributed by atoms with Gasteiger partial charge >= 0.3 is 0 Å². The van der Waals surface area contributed by atoms with Gasteiger partial charge in [0.15, 0.2) is 0 Å². The highest BCUT2D eigenvalue weighted by atomic mass is 16.1. The lowest BCUT2D eigenvalue weighted by molar-refractivity contribution is 0.102. The van der Waals surface area contributed by atoms with E-state index in [-0.39, 0.29) is 5.91 Å². The van der Waals surface area contributed by atoms with Gasteiger partial charge in [-0.1, -0.05) is 6.07 Å². The topological polar surface area (TPSA) is 54.9 Å². The molecule has 86 valence electrons. The Hall–Kier alpha value is -2.23. The van der Waals surface area contributed by atoms with Crippen molar-refractivity contribution in [1.82, 2.24) is 9.97 Å². The monoisotopic (exact) mass is 227 g/mol. The summed E-state index contributed by atoms with van der Waals surface area (Å²) >= 11 is 0. The number of carbonyl (C=O) groups is 1. The summed E-state index contributed by atoms with van der Waals surface area (Å²) in [7, 11) is 0. The van der Waals surface area contributed by atoms with Crippen LogP contribution in [0.25, 0.3) is 0 Å². The molecular weight excluding hydrogens is 214 g/mol. The minimum atomic E-state index is -0.247. The van der Waals surface area contributed by atoms with Crippen molar-refractivity contribution < 1.29 is 4.79 Å². The van der Waals surface area contributed by atoms with Gasteiger partial charge in [0.25, 0.3) is 5.91 Å². The van der Waals surface area contributed by atoms with Crippen LogP contribution in [0.5, 0.6) is 0 Å². The van der Waals surface area contributed by atoms with Crippen molar-refractivity contribution in [3.63, 3.8) is 0 Å². The Balaban J connectivity index is 2.19. The van der Waals surface area contributed by atoms with E-state index in [0.29, 0.717) is 5.69 Å². The van der Waals surface area contributed by atoms with Gasteiger partial charge in [-0.15, -0.1) is 0 Å². The predicted octanol–water partition coefficient (Wildman–Crippen LogP) is 2.35. The SMILES string of the molecule is Cc1cc(C)cc(NC(=O)c2cnccn2)c1. The lowest BCUT2D eigenvalue weighted by Crippen LogP contribution is -2.13. The Labute approximate surface area is 99.7 Å². The van der Waals surface area contributed by atoms with E-state index < -0.39 is 0 Å². The molecule has 1 aromatic carbocycles. The summed E-state index contributed by atoms with van der Waals surface area (Å²) in [5.41, 5.74) is 3.31. The van der Waals surface area contributed by atoms with Crippen LogP contribution >= 0.6 is 0 Å². The molecule has 4 heteroatoms. The van der Waals surface area contributed by atoms with Gasteiger partial charge < -0.3 is 5.32 Å². The number of amides is 1. The highest BCUT2D eigenvalue weighted by Gasteiger charge is 2.07. The first-order chi connectivity index (χ1) is 8.15. The number of hydrogen-bond donors (Lipinski definition) is 1. The van der Waals surface area contributed by atoms with Crippen molar-refractivity contribution in [3.8, 4) is 0 Å². The van der Waals surface area contributed by atoms with Gasteiger partial charge in [0.1, 0.15) is 5.69 Å². The van der Waals surface area contributed by atoms with Gasteiger partial charge in [-0.3, -0.25) is 9.78 Å². The Morgan fingerprint density at radius 2 is 1.82 bits per heavy atom. The molecule has 0 fully saturated rings. The minimum Gasteiger partial charge on any atom is -0.321 e. The number of nitrogens with zero attached hydrogens (tertiary/aromatic N) is 2. The maximum atomic E-state index is 11.8. The molecule has 4 nitrogen and oxygen atoms in total. The first-order valence-corrected chi connectivity index (χ1v) is 5.31. The summed E-state index contributed by atoms with van der Waals surface area (Å²) in [6, 6.07) is 5.89. The third-order valence-corrected chi connectivity index (χ3v) is 2.28. The van der Waals surface area contributed by atoms with Crippen LogP contribution in [0.2, 0.25) is 0 Å².